The van der Waals surface area contributed by atoms with Crippen molar-refractivity contribution in [2.45, 2.75) is 26.9 Å². The van der Waals surface area contributed by atoms with E-state index in [1.807, 2.05) is 36.7 Å². The summed E-state index contributed by atoms with van der Waals surface area (Å²) in [4.78, 5) is 38.0. The van der Waals surface area contributed by atoms with Crippen LogP contribution in [0, 0.1) is 13.8 Å². The van der Waals surface area contributed by atoms with Crippen LogP contribution in [0.1, 0.15) is 28.7 Å². The van der Waals surface area contributed by atoms with Crippen molar-refractivity contribution in [3.8, 4) is 22.0 Å². The van der Waals surface area contributed by atoms with Crippen LogP contribution in [0.25, 0.3) is 22.0 Å². The highest BCUT2D eigenvalue weighted by molar-refractivity contribution is 7.16. The fourth-order valence-electron chi connectivity index (χ4n) is 2.81. The molecule has 0 saturated carbocycles. The minimum Gasteiger partial charge on any atom is -0.449 e. The third-order valence-electron chi connectivity index (χ3n) is 4.68. The number of hydrogen-bond acceptors (Lipinski definition) is 7. The van der Waals surface area contributed by atoms with Gasteiger partial charge < -0.3 is 9.72 Å². The first-order chi connectivity index (χ1) is 14.9. The van der Waals surface area contributed by atoms with Crippen LogP contribution in [0.3, 0.4) is 0 Å². The Kier molecular flexibility index (Phi) is 5.97. The lowest BCUT2D eigenvalue weighted by molar-refractivity contribution is -0.123. The van der Waals surface area contributed by atoms with E-state index in [0.717, 1.165) is 33.3 Å². The minimum absolute atomic E-state index is 0.359. The number of ether oxygens (including phenoxy) is 1. The molecule has 1 atom stereocenters. The molecular weight excluding hydrogens is 432 g/mol. The molecule has 0 aliphatic heterocycles. The molecule has 3 aromatic heterocycles. The molecule has 1 unspecified atom stereocenters. The second-order valence-electron chi connectivity index (χ2n) is 6.93. The maximum atomic E-state index is 12.4. The van der Waals surface area contributed by atoms with E-state index in [-0.39, 0.29) is 0 Å². The lowest BCUT2D eigenvalue weighted by atomic mass is 10.1. The fourth-order valence-corrected chi connectivity index (χ4v) is 4.28. The Balaban J connectivity index is 1.36. The molecule has 0 radical (unpaired) electrons. The first kappa shape index (κ1) is 21.0. The number of amides is 1. The number of H-pyrrole nitrogens is 1. The summed E-state index contributed by atoms with van der Waals surface area (Å²) >= 11 is 2.90. The molecule has 0 aliphatic rings. The van der Waals surface area contributed by atoms with E-state index in [1.54, 1.807) is 35.6 Å². The minimum atomic E-state index is -0.961. The number of anilines is 1. The number of carbonyl (C=O) groups is 2. The van der Waals surface area contributed by atoms with Crippen molar-refractivity contribution in [3.63, 3.8) is 0 Å². The van der Waals surface area contributed by atoms with E-state index in [1.165, 1.54) is 18.3 Å². The van der Waals surface area contributed by atoms with Gasteiger partial charge in [0.25, 0.3) is 5.91 Å². The predicted octanol–water partition coefficient (Wildman–Crippen LogP) is 5.06. The number of nitrogens with one attached hydrogen (secondary N) is 2. The number of aromatic amines is 1. The third kappa shape index (κ3) is 4.73. The molecule has 2 N–H and O–H groups in total. The van der Waals surface area contributed by atoms with Gasteiger partial charge in [-0.05, 0) is 44.4 Å². The highest BCUT2D eigenvalue weighted by Gasteiger charge is 2.20. The van der Waals surface area contributed by atoms with Crippen LogP contribution in [0.15, 0.2) is 47.2 Å². The largest absolute Gasteiger partial charge is 0.449 e. The molecule has 7 nitrogen and oxygen atoms in total. The van der Waals surface area contributed by atoms with Gasteiger partial charge in [-0.25, -0.2) is 14.8 Å². The fraction of sp³-hybridized carbons (Fsp3) is 0.182. The van der Waals surface area contributed by atoms with E-state index in [9.17, 15) is 9.59 Å². The van der Waals surface area contributed by atoms with Crippen LogP contribution in [-0.4, -0.2) is 32.9 Å². The maximum Gasteiger partial charge on any atom is 0.338 e. The molecule has 158 valence electrons. The van der Waals surface area contributed by atoms with Crippen LogP contribution in [0.4, 0.5) is 5.13 Å². The molecule has 4 aromatic rings. The molecule has 1 amide bonds. The number of thiazole rings is 1. The summed E-state index contributed by atoms with van der Waals surface area (Å²) in [7, 11) is 0. The smallest absolute Gasteiger partial charge is 0.338 e. The molecule has 3 heterocycles. The van der Waals surface area contributed by atoms with Crippen LogP contribution >= 0.6 is 22.7 Å². The van der Waals surface area contributed by atoms with E-state index in [0.29, 0.717) is 10.7 Å². The zero-order chi connectivity index (χ0) is 22.0. The Labute approximate surface area is 187 Å². The van der Waals surface area contributed by atoms with E-state index in [2.05, 4.69) is 20.3 Å². The number of carbonyl (C=O) groups excluding carboxylic acids is 2. The monoisotopic (exact) mass is 452 g/mol. The third-order valence-corrected chi connectivity index (χ3v) is 6.33. The van der Waals surface area contributed by atoms with Crippen molar-refractivity contribution < 1.29 is 14.3 Å². The van der Waals surface area contributed by atoms with Gasteiger partial charge in [0.05, 0.1) is 21.8 Å². The van der Waals surface area contributed by atoms with Gasteiger partial charge >= 0.3 is 5.97 Å². The summed E-state index contributed by atoms with van der Waals surface area (Å²) in [6.07, 6.45) is -0.961. The Morgan fingerprint density at radius 1 is 1.10 bits per heavy atom. The summed E-state index contributed by atoms with van der Waals surface area (Å²) in [5, 5.41) is 7.01. The van der Waals surface area contributed by atoms with Crippen LogP contribution in [0.5, 0.6) is 0 Å². The summed E-state index contributed by atoms with van der Waals surface area (Å²) < 4.78 is 5.32. The van der Waals surface area contributed by atoms with Crippen molar-refractivity contribution in [1.29, 1.82) is 0 Å². The summed E-state index contributed by atoms with van der Waals surface area (Å²) in [5.74, 6) is -0.258. The van der Waals surface area contributed by atoms with Crippen molar-refractivity contribution in [2.24, 2.45) is 0 Å². The average molecular weight is 453 g/mol. The van der Waals surface area contributed by atoms with Crippen molar-refractivity contribution in [3.05, 3.63) is 64.1 Å². The number of aryl methyl sites for hydroxylation is 2. The second-order valence-corrected chi connectivity index (χ2v) is 8.73. The summed E-state index contributed by atoms with van der Waals surface area (Å²) in [6, 6.07) is 10.8. The van der Waals surface area contributed by atoms with E-state index < -0.39 is 18.0 Å². The Morgan fingerprint density at radius 3 is 2.52 bits per heavy atom. The van der Waals surface area contributed by atoms with Gasteiger partial charge in [0.15, 0.2) is 11.2 Å². The topological polar surface area (TPSA) is 97.0 Å². The van der Waals surface area contributed by atoms with Gasteiger partial charge in [0, 0.05) is 16.6 Å². The van der Waals surface area contributed by atoms with Gasteiger partial charge in [-0.3, -0.25) is 10.1 Å². The molecule has 4 rings (SSSR count). The molecule has 1 aromatic carbocycles. The highest BCUT2D eigenvalue weighted by Crippen LogP contribution is 2.28. The van der Waals surface area contributed by atoms with Crippen LogP contribution in [-0.2, 0) is 9.53 Å². The molecule has 0 fully saturated rings. The maximum absolute atomic E-state index is 12.4. The number of esters is 1. The number of nitrogens with zero attached hydrogens (tertiary/aromatic N) is 2. The number of aromatic nitrogens is 3. The van der Waals surface area contributed by atoms with Gasteiger partial charge in [0.2, 0.25) is 0 Å². The van der Waals surface area contributed by atoms with E-state index >= 15 is 0 Å². The number of hydrogen-bond donors (Lipinski definition) is 2. The number of imidazole rings is 1. The molecule has 0 saturated heterocycles. The predicted molar refractivity (Wildman–Crippen MR) is 122 cm³/mol. The molecule has 0 aliphatic carbocycles. The van der Waals surface area contributed by atoms with Crippen LogP contribution < -0.4 is 5.32 Å². The number of benzene rings is 1. The van der Waals surface area contributed by atoms with E-state index in [4.69, 9.17) is 4.74 Å². The van der Waals surface area contributed by atoms with Crippen molar-refractivity contribution in [1.82, 2.24) is 15.0 Å². The zero-order valence-electron chi connectivity index (χ0n) is 17.1. The van der Waals surface area contributed by atoms with Crippen LogP contribution in [0.2, 0.25) is 0 Å². The SMILES string of the molecule is Cc1nc(-c2ccc(C(=O)OC(C)C(=O)Nc3nc(-c4cccs4)cs3)cc2)[nH]c1C. The zero-order valence-corrected chi connectivity index (χ0v) is 18.8. The van der Waals surface area contributed by atoms with Gasteiger partial charge in [-0.15, -0.1) is 22.7 Å². The van der Waals surface area contributed by atoms with Gasteiger partial charge in [-0.1, -0.05) is 18.2 Å². The number of rotatable bonds is 6. The standard InChI is InChI=1S/C22H20N4O3S2/c1-12-13(2)24-19(23-12)15-6-8-16(9-7-15)21(28)29-14(3)20(27)26-22-25-17(11-31-22)18-5-4-10-30-18/h4-11,14H,1-3H3,(H,23,24)(H,25,26,27). The molecule has 0 spiro atoms. The summed E-state index contributed by atoms with van der Waals surface area (Å²) in [5.41, 5.74) is 3.96. The lowest BCUT2D eigenvalue weighted by Crippen LogP contribution is -2.29. The van der Waals surface area contributed by atoms with Crippen molar-refractivity contribution >= 4 is 39.7 Å². The molecule has 0 bridgehead atoms. The molecular formula is C22H20N4O3S2. The van der Waals surface area contributed by atoms with Crippen molar-refractivity contribution in [2.75, 3.05) is 5.32 Å². The molecule has 9 heteroatoms. The lowest BCUT2D eigenvalue weighted by Gasteiger charge is -2.12. The molecule has 31 heavy (non-hydrogen) atoms. The Hall–Kier alpha value is -3.30. The Morgan fingerprint density at radius 2 is 1.87 bits per heavy atom. The first-order valence-corrected chi connectivity index (χ1v) is 11.3. The Bertz CT molecular complexity index is 1190. The average Bonchev–Trinajstić information content (AvgIpc) is 3.50. The number of thiophene rings is 1. The van der Waals surface area contributed by atoms with Gasteiger partial charge in [-0.2, -0.15) is 0 Å². The quantitative estimate of drug-likeness (QED) is 0.399. The normalized spacial score (nSPS) is 11.8. The highest BCUT2D eigenvalue weighted by atomic mass is 32.1. The second kappa shape index (κ2) is 8.83. The first-order valence-electron chi connectivity index (χ1n) is 9.55. The summed E-state index contributed by atoms with van der Waals surface area (Å²) in [6.45, 7) is 5.42. The van der Waals surface area contributed by atoms with Gasteiger partial charge in [0.1, 0.15) is 5.82 Å².